The average Bonchev–Trinajstić information content (AvgIpc) is 3.19. The van der Waals surface area contributed by atoms with Gasteiger partial charge in [0.2, 0.25) is 0 Å². The second-order valence-corrected chi connectivity index (χ2v) is 8.41. The Morgan fingerprint density at radius 3 is 1.61 bits per heavy atom. The molecular weight excluding hydrogens is 359 g/mol. The van der Waals surface area contributed by atoms with Crippen LogP contribution in [0.1, 0.15) is 22.5 Å². The molecule has 138 valence electrons. The van der Waals surface area contributed by atoms with Gasteiger partial charge < -0.3 is 9.67 Å². The van der Waals surface area contributed by atoms with E-state index in [-0.39, 0.29) is 4.97 Å². The van der Waals surface area contributed by atoms with Gasteiger partial charge in [-0.05, 0) is 16.7 Å². The Bertz CT molecular complexity index is 918. The molecule has 1 unspecified atom stereocenters. The minimum absolute atomic E-state index is 0.332. The molecule has 0 aliphatic carbocycles. The summed E-state index contributed by atoms with van der Waals surface area (Å²) in [4.78, 5) is 4.29. The fourth-order valence-corrected chi connectivity index (χ4v) is 4.38. The summed E-state index contributed by atoms with van der Waals surface area (Å²) in [7, 11) is 0. The zero-order chi connectivity index (χ0) is 19.4. The number of hydrogen-bond acceptors (Lipinski definition) is 2. The van der Waals surface area contributed by atoms with Crippen LogP contribution in [0.25, 0.3) is 0 Å². The monoisotopic (exact) mass is 382 g/mol. The lowest BCUT2D eigenvalue weighted by Crippen LogP contribution is -2.39. The minimum Gasteiger partial charge on any atom is -0.409 e. The van der Waals surface area contributed by atoms with Crippen molar-refractivity contribution in [1.29, 1.82) is 0 Å². The first-order valence-corrected chi connectivity index (χ1v) is 10.8. The summed E-state index contributed by atoms with van der Waals surface area (Å²) < 4.78 is 2.23. The summed E-state index contributed by atoms with van der Waals surface area (Å²) in [5.74, 6) is 0.888. The van der Waals surface area contributed by atoms with Crippen LogP contribution in [-0.2, 0) is 12.0 Å². The molecule has 3 aromatic carbocycles. The highest BCUT2D eigenvalue weighted by Crippen LogP contribution is 2.41. The molecule has 0 radical (unpaired) electrons. The highest BCUT2D eigenvalue weighted by Gasteiger charge is 2.39. The van der Waals surface area contributed by atoms with Crippen LogP contribution in [0.4, 0.5) is 0 Å². The number of benzene rings is 3. The van der Waals surface area contributed by atoms with E-state index in [4.69, 9.17) is 0 Å². The van der Waals surface area contributed by atoms with E-state index in [9.17, 15) is 5.11 Å². The van der Waals surface area contributed by atoms with Crippen molar-refractivity contribution in [3.05, 3.63) is 126 Å². The van der Waals surface area contributed by atoms with Crippen LogP contribution in [0.15, 0.2) is 103 Å². The Balaban J connectivity index is 2.10. The quantitative estimate of drug-likeness (QED) is 0.411. The zero-order valence-corrected chi connectivity index (χ0v) is 17.9. The Morgan fingerprint density at radius 1 is 0.786 bits per heavy atom. The van der Waals surface area contributed by atoms with Gasteiger partial charge in [-0.1, -0.05) is 91.0 Å². The largest absolute Gasteiger partial charge is 0.409 e. The number of nitrogens with zero attached hydrogens (tertiary/aromatic N) is 2. The van der Waals surface area contributed by atoms with Crippen molar-refractivity contribution in [1.82, 2.24) is 9.55 Å². The highest BCUT2D eigenvalue weighted by molar-refractivity contribution is 6.10. The van der Waals surface area contributed by atoms with Gasteiger partial charge in [-0.25, -0.2) is 4.98 Å². The second-order valence-electron chi connectivity index (χ2n) is 7.08. The summed E-state index contributed by atoms with van der Waals surface area (Å²) in [5.41, 5.74) is 2.92. The van der Waals surface area contributed by atoms with E-state index in [0.29, 0.717) is 22.7 Å². The minimum atomic E-state index is -0.563. The van der Waals surface area contributed by atoms with E-state index in [2.05, 4.69) is 82.3 Å². The van der Waals surface area contributed by atoms with E-state index >= 15 is 0 Å². The third kappa shape index (κ3) is 3.32. The SMILES string of the molecule is O[CH]([AlH2])Cc1nccn1C(c1ccccc1)(c1ccccc1)c1ccccc1. The molecular formula is C24H23AlN2O. The molecule has 1 N–H and O–H groups in total. The molecule has 0 aliphatic rings. The number of hydrogen-bond donors (Lipinski definition) is 1. The lowest BCUT2D eigenvalue weighted by molar-refractivity contribution is 0.250. The van der Waals surface area contributed by atoms with E-state index in [1.54, 1.807) is 0 Å². The van der Waals surface area contributed by atoms with Crippen LogP contribution in [0, 0.1) is 0 Å². The lowest BCUT2D eigenvalue weighted by atomic mass is 9.76. The van der Waals surface area contributed by atoms with Crippen LogP contribution >= 0.6 is 0 Å². The van der Waals surface area contributed by atoms with E-state index in [1.807, 2.05) is 30.6 Å². The lowest BCUT2D eigenvalue weighted by Gasteiger charge is -2.38. The second kappa shape index (κ2) is 8.16. The van der Waals surface area contributed by atoms with E-state index < -0.39 is 5.54 Å². The molecule has 0 spiro atoms. The molecule has 0 aliphatic heterocycles. The number of aliphatic hydroxyl groups excluding tert-OH is 1. The third-order valence-electron chi connectivity index (χ3n) is 5.13. The van der Waals surface area contributed by atoms with Crippen molar-refractivity contribution in [2.75, 3.05) is 0 Å². The van der Waals surface area contributed by atoms with Gasteiger partial charge in [0.1, 0.15) is 11.4 Å². The summed E-state index contributed by atoms with van der Waals surface area (Å²) in [6.07, 6.45) is 4.42. The van der Waals surface area contributed by atoms with Crippen LogP contribution in [0.3, 0.4) is 0 Å². The van der Waals surface area contributed by atoms with Gasteiger partial charge in [0.05, 0.1) is 0 Å². The molecule has 0 amide bonds. The smallest absolute Gasteiger partial charge is 0.259 e. The van der Waals surface area contributed by atoms with Crippen molar-refractivity contribution < 1.29 is 5.11 Å². The van der Waals surface area contributed by atoms with E-state index in [0.717, 1.165) is 22.5 Å². The van der Waals surface area contributed by atoms with Gasteiger partial charge in [-0.2, -0.15) is 0 Å². The van der Waals surface area contributed by atoms with Crippen LogP contribution in [0.2, 0.25) is 0 Å². The van der Waals surface area contributed by atoms with Crippen LogP contribution in [0.5, 0.6) is 0 Å². The Hall–Kier alpha value is -2.64. The molecule has 0 saturated carbocycles. The molecule has 0 bridgehead atoms. The fraction of sp³-hybridized carbons (Fsp3) is 0.125. The Kier molecular flexibility index (Phi) is 5.45. The molecule has 4 aromatic rings. The Labute approximate surface area is 173 Å². The van der Waals surface area contributed by atoms with E-state index in [1.165, 1.54) is 0 Å². The van der Waals surface area contributed by atoms with Crippen molar-refractivity contribution in [3.63, 3.8) is 0 Å². The van der Waals surface area contributed by atoms with Gasteiger partial charge in [-0.3, -0.25) is 0 Å². The maximum atomic E-state index is 10.1. The van der Waals surface area contributed by atoms with Gasteiger partial charge >= 0.3 is 0 Å². The molecule has 0 saturated heterocycles. The van der Waals surface area contributed by atoms with Gasteiger partial charge in [0.25, 0.3) is 16.3 Å². The van der Waals surface area contributed by atoms with Crippen LogP contribution < -0.4 is 0 Å². The van der Waals surface area contributed by atoms with Gasteiger partial charge in [-0.15, -0.1) is 0 Å². The third-order valence-corrected chi connectivity index (χ3v) is 5.54. The number of aliphatic hydroxyl groups is 1. The molecule has 3 nitrogen and oxygen atoms in total. The number of imidazole rings is 1. The first-order valence-electron chi connectivity index (χ1n) is 9.60. The first-order chi connectivity index (χ1) is 13.7. The summed E-state index contributed by atoms with van der Waals surface area (Å²) >= 11 is 0.713. The molecule has 1 atom stereocenters. The van der Waals surface area contributed by atoms with Crippen molar-refractivity contribution in [2.45, 2.75) is 16.9 Å². The van der Waals surface area contributed by atoms with Crippen molar-refractivity contribution in [3.8, 4) is 0 Å². The average molecular weight is 382 g/mol. The molecule has 0 fully saturated rings. The van der Waals surface area contributed by atoms with Crippen LogP contribution in [-0.4, -0.2) is 35.9 Å². The molecule has 1 aromatic heterocycles. The standard InChI is InChI=1S/C24H21N2O.Al.2H/c27-19-16-23-25-17-18-26(23)24(20-10-4-1-5-11-20,21-12-6-2-7-13-21)22-14-8-3-9-15-22;;;/h1-15,17-19,27H,16H2;;;. The predicted molar refractivity (Wildman–Crippen MR) is 115 cm³/mol. The van der Waals surface area contributed by atoms with Gasteiger partial charge in [0, 0.05) is 23.8 Å². The molecule has 4 heteroatoms. The number of rotatable bonds is 6. The van der Waals surface area contributed by atoms with Gasteiger partial charge in [0.15, 0.2) is 0 Å². The summed E-state index contributed by atoms with van der Waals surface area (Å²) in [6, 6.07) is 31.6. The molecule has 1 heterocycles. The fourth-order valence-electron chi connectivity index (χ4n) is 4.01. The van der Waals surface area contributed by atoms with Crippen molar-refractivity contribution in [2.24, 2.45) is 0 Å². The van der Waals surface area contributed by atoms with Crippen molar-refractivity contribution >= 4 is 16.3 Å². The summed E-state index contributed by atoms with van der Waals surface area (Å²) in [6.45, 7) is 0. The molecule has 28 heavy (non-hydrogen) atoms. The molecule has 4 rings (SSSR count). The normalized spacial score (nSPS) is 12.6. The predicted octanol–water partition coefficient (Wildman–Crippen LogP) is 3.22. The summed E-state index contributed by atoms with van der Waals surface area (Å²) in [5, 5.41) is 10.1. The maximum Gasteiger partial charge on any atom is 0.259 e. The topological polar surface area (TPSA) is 38.1 Å². The Morgan fingerprint density at radius 2 is 1.21 bits per heavy atom. The number of aromatic nitrogens is 2. The highest BCUT2D eigenvalue weighted by atomic mass is 27.0. The maximum absolute atomic E-state index is 10.1. The zero-order valence-electron chi connectivity index (χ0n) is 15.9. The first kappa shape index (κ1) is 18.7.